The van der Waals surface area contributed by atoms with Crippen LogP contribution < -0.4 is 0 Å². The molecule has 0 spiro atoms. The minimum absolute atomic E-state index is 0. The number of allylic oxidation sites excluding steroid dienone is 8. The topological polar surface area (TPSA) is 0 Å². The van der Waals surface area contributed by atoms with E-state index in [2.05, 4.69) is 86.0 Å². The fourth-order valence-corrected chi connectivity index (χ4v) is 1.70. The standard InChI is InChI=1S/2C8H11.C2H6Si.2ClH.Ti/c2*1-6-4-5-7(2)8(6)3;1-3-2;;;/h2*4H2,1-3H3;1-2H3;2*1H;/q2*-1;;;;+2. The first-order chi connectivity index (χ1) is 9.16. The summed E-state index contributed by atoms with van der Waals surface area (Å²) in [6.07, 6.45) is 8.75. The van der Waals surface area contributed by atoms with Gasteiger partial charge in [0.05, 0.1) is 0 Å². The molecular weight excluding hydrogens is 363 g/mol. The quantitative estimate of drug-likeness (QED) is 0.322. The van der Waals surface area contributed by atoms with Crippen molar-refractivity contribution >= 4 is 31.0 Å². The molecule has 0 aromatic rings. The smallest absolute Gasteiger partial charge is 0.147 e. The van der Waals surface area contributed by atoms with Crippen LogP contribution in [0.5, 0.6) is 0 Å². The number of hydrogen-bond donors (Lipinski definition) is 0. The van der Waals surface area contributed by atoms with Gasteiger partial charge in [-0.25, -0.2) is 11.1 Å². The first-order valence-electron chi connectivity index (χ1n) is 7.16. The number of halogens is 2. The number of rotatable bonds is 0. The summed E-state index contributed by atoms with van der Waals surface area (Å²) in [7, 11) is 0. The van der Waals surface area contributed by atoms with Crippen LogP contribution in [0.3, 0.4) is 0 Å². The van der Waals surface area contributed by atoms with Crippen molar-refractivity contribution in [3.05, 3.63) is 45.6 Å². The van der Waals surface area contributed by atoms with E-state index in [1.807, 2.05) is 0 Å². The van der Waals surface area contributed by atoms with E-state index in [4.69, 9.17) is 0 Å². The maximum atomic E-state index is 3.26. The van der Waals surface area contributed by atoms with E-state index in [0.717, 1.165) is 12.8 Å². The fourth-order valence-electron chi connectivity index (χ4n) is 1.70. The van der Waals surface area contributed by atoms with Gasteiger partial charge in [-0.1, -0.05) is 27.7 Å². The van der Waals surface area contributed by atoms with Crippen LogP contribution in [0.15, 0.2) is 33.4 Å². The van der Waals surface area contributed by atoms with Crippen molar-refractivity contribution in [3.8, 4) is 0 Å². The van der Waals surface area contributed by atoms with Gasteiger partial charge in [-0.2, -0.15) is 22.3 Å². The van der Waals surface area contributed by atoms with Crippen molar-refractivity contribution in [2.45, 2.75) is 67.5 Å². The fraction of sp³-hybridized carbons (Fsp3) is 0.556. The summed E-state index contributed by atoms with van der Waals surface area (Å²) in [5.74, 6) is 0. The molecular formula is C18H30Cl2SiTi. The Morgan fingerprint density at radius 1 is 0.727 bits per heavy atom. The molecule has 0 saturated carbocycles. The molecule has 0 nitrogen and oxygen atoms in total. The molecule has 2 aliphatic carbocycles. The Morgan fingerprint density at radius 2 is 0.955 bits per heavy atom. The predicted octanol–water partition coefficient (Wildman–Crippen LogP) is 6.58. The van der Waals surface area contributed by atoms with Crippen LogP contribution in [-0.4, -0.2) is 6.19 Å². The molecule has 0 saturated heterocycles. The normalized spacial score (nSPS) is 15.5. The third kappa shape index (κ3) is 11.1. The van der Waals surface area contributed by atoms with Gasteiger partial charge in [-0.15, -0.1) is 51.5 Å². The molecule has 2 rings (SSSR count). The molecule has 0 fully saturated rings. The van der Waals surface area contributed by atoms with Gasteiger partial charge in [0.25, 0.3) is 0 Å². The molecule has 0 atom stereocenters. The minimum Gasteiger partial charge on any atom is -0.147 e. The Balaban J connectivity index is -0.000000249. The molecule has 0 heterocycles. The van der Waals surface area contributed by atoms with E-state index in [9.17, 15) is 0 Å². The first-order valence-corrected chi connectivity index (χ1v) is 12.0. The Hall–Kier alpha value is 0.471. The van der Waals surface area contributed by atoms with E-state index >= 15 is 0 Å². The summed E-state index contributed by atoms with van der Waals surface area (Å²) in [5.41, 5.74) is 8.49. The zero-order valence-corrected chi connectivity index (χ0v) is 19.4. The molecule has 0 unspecified atom stereocenters. The van der Waals surface area contributed by atoms with Crippen LogP contribution in [0.1, 0.15) is 54.4 Å². The predicted molar refractivity (Wildman–Crippen MR) is 103 cm³/mol. The summed E-state index contributed by atoms with van der Waals surface area (Å²) in [5, 5.41) is 0. The van der Waals surface area contributed by atoms with E-state index in [0.29, 0.717) is 0 Å². The second-order valence-corrected chi connectivity index (χ2v) is 12.5. The van der Waals surface area contributed by atoms with Gasteiger partial charge in [-0.3, -0.25) is 12.2 Å². The second-order valence-electron chi connectivity index (χ2n) is 5.77. The first kappa shape index (κ1) is 27.3. The van der Waals surface area contributed by atoms with Crippen LogP contribution >= 0.6 is 24.8 Å². The van der Waals surface area contributed by atoms with Crippen LogP contribution in [0, 0.1) is 12.2 Å². The maximum Gasteiger partial charge on any atom is -0.147 e. The van der Waals surface area contributed by atoms with Crippen molar-refractivity contribution in [1.29, 1.82) is 0 Å². The summed E-state index contributed by atoms with van der Waals surface area (Å²) in [6.45, 7) is 17.4. The minimum atomic E-state index is 0. The molecule has 4 heteroatoms. The maximum absolute atomic E-state index is 3.26. The third-order valence-corrected chi connectivity index (χ3v) is 3.64. The molecule has 0 aromatic carbocycles. The van der Waals surface area contributed by atoms with Gasteiger partial charge in [0.15, 0.2) is 0 Å². The van der Waals surface area contributed by atoms with Crippen molar-refractivity contribution in [2.75, 3.05) is 0 Å². The van der Waals surface area contributed by atoms with Crippen molar-refractivity contribution in [3.63, 3.8) is 0 Å². The summed E-state index contributed by atoms with van der Waals surface area (Å²) in [6, 6.07) is 0. The number of hydrogen-bond acceptors (Lipinski definition) is 0. The third-order valence-electron chi connectivity index (χ3n) is 3.64. The van der Waals surface area contributed by atoms with Gasteiger partial charge < -0.3 is 0 Å². The van der Waals surface area contributed by atoms with Crippen LogP contribution in [-0.2, 0) is 19.2 Å². The van der Waals surface area contributed by atoms with Crippen molar-refractivity contribution < 1.29 is 19.2 Å². The van der Waals surface area contributed by atoms with Crippen LogP contribution in [0.2, 0.25) is 13.1 Å². The van der Waals surface area contributed by atoms with E-state index < -0.39 is 0 Å². The largest absolute Gasteiger partial charge is 0.147 e. The monoisotopic (exact) mass is 392 g/mol. The average molecular weight is 393 g/mol. The van der Waals surface area contributed by atoms with E-state index in [1.165, 1.54) is 33.4 Å². The van der Waals surface area contributed by atoms with Crippen LogP contribution in [0.25, 0.3) is 0 Å². The molecule has 0 N–H and O–H groups in total. The zero-order chi connectivity index (χ0) is 15.9. The molecule has 2 aliphatic rings. The van der Waals surface area contributed by atoms with Crippen LogP contribution in [0.4, 0.5) is 0 Å². The summed E-state index contributed by atoms with van der Waals surface area (Å²) >= 11 is 2.27. The molecule has 0 aromatic heterocycles. The van der Waals surface area contributed by atoms with Gasteiger partial charge >= 0.3 is 38.5 Å². The Morgan fingerprint density at radius 3 is 1.00 bits per heavy atom. The Bertz CT molecular complexity index is 442. The van der Waals surface area contributed by atoms with E-state index in [-0.39, 0.29) is 31.0 Å². The van der Waals surface area contributed by atoms with Gasteiger partial charge in [0, 0.05) is 0 Å². The van der Waals surface area contributed by atoms with Gasteiger partial charge in [0.1, 0.15) is 0 Å². The zero-order valence-electron chi connectivity index (χ0n) is 15.2. The average Bonchev–Trinajstić information content (AvgIpc) is 2.80. The van der Waals surface area contributed by atoms with Crippen molar-refractivity contribution in [2.24, 2.45) is 0 Å². The Kier molecular flexibility index (Phi) is 17.2. The van der Waals surface area contributed by atoms with Gasteiger partial charge in [0.2, 0.25) is 0 Å². The summed E-state index contributed by atoms with van der Waals surface area (Å²) < 4.78 is 0. The SMILES string of the molecule is CC1=[C-]CC(C)=C1C.CC1=[C-]CC(C)=C1C.C[Si](C)=[Ti+2].Cl.Cl. The van der Waals surface area contributed by atoms with Gasteiger partial charge in [-0.05, 0) is 0 Å². The molecule has 0 bridgehead atoms. The summed E-state index contributed by atoms with van der Waals surface area (Å²) in [4.78, 5) is 0. The molecule has 22 heavy (non-hydrogen) atoms. The molecule has 124 valence electrons. The Labute approximate surface area is 162 Å². The van der Waals surface area contributed by atoms with E-state index in [1.54, 1.807) is 0 Å². The molecule has 0 amide bonds. The second kappa shape index (κ2) is 13.9. The molecule has 0 aliphatic heterocycles. The molecule has 0 radical (unpaired) electrons. The van der Waals surface area contributed by atoms with Crippen molar-refractivity contribution in [1.82, 2.24) is 0 Å².